The van der Waals surface area contributed by atoms with Crippen LogP contribution in [0.15, 0.2) is 46.9 Å². The van der Waals surface area contributed by atoms with Crippen LogP contribution in [0.5, 0.6) is 5.88 Å². The summed E-state index contributed by atoms with van der Waals surface area (Å²) in [5, 5.41) is 7.76. The summed E-state index contributed by atoms with van der Waals surface area (Å²) in [6.07, 6.45) is 1.82. The fourth-order valence-electron chi connectivity index (χ4n) is 3.97. The van der Waals surface area contributed by atoms with Gasteiger partial charge < -0.3 is 19.1 Å². The zero-order valence-electron chi connectivity index (χ0n) is 18.6. The smallest absolute Gasteiger partial charge is 0.217 e. The van der Waals surface area contributed by atoms with Crippen molar-refractivity contribution in [2.75, 3.05) is 76.1 Å². The molecule has 2 aromatic heterocycles. The molecule has 2 aliphatic rings. The molecule has 0 atom stereocenters. The van der Waals surface area contributed by atoms with Gasteiger partial charge in [0, 0.05) is 55.2 Å². The highest BCUT2D eigenvalue weighted by Crippen LogP contribution is 2.25. The number of fused-ring (bicyclic) bond motifs is 1. The van der Waals surface area contributed by atoms with Crippen LogP contribution in [-0.4, -0.2) is 81.9 Å². The number of hydrogen-bond donors (Lipinski definition) is 1. The molecular weight excluding hydrogens is 438 g/mol. The van der Waals surface area contributed by atoms with E-state index in [9.17, 15) is 0 Å². The van der Waals surface area contributed by atoms with Crippen molar-refractivity contribution in [3.63, 3.8) is 0 Å². The second kappa shape index (κ2) is 10.9. The molecule has 8 nitrogen and oxygen atoms in total. The number of hydrazone groups is 1. The summed E-state index contributed by atoms with van der Waals surface area (Å²) < 4.78 is 18.2. The Labute approximate surface area is 197 Å². The Balaban J connectivity index is 1.27. The van der Waals surface area contributed by atoms with E-state index in [1.54, 1.807) is 11.3 Å². The first-order valence-corrected chi connectivity index (χ1v) is 12.3. The molecule has 1 N–H and O–H groups in total. The molecule has 0 aliphatic carbocycles. The zero-order valence-corrected chi connectivity index (χ0v) is 19.4. The molecule has 1 aromatic carbocycles. The van der Waals surface area contributed by atoms with Gasteiger partial charge in [0.2, 0.25) is 5.88 Å². The van der Waals surface area contributed by atoms with Gasteiger partial charge in [-0.2, -0.15) is 10.1 Å². The van der Waals surface area contributed by atoms with Gasteiger partial charge in [-0.3, -0.25) is 10.3 Å². The van der Waals surface area contributed by atoms with Crippen molar-refractivity contribution in [1.29, 1.82) is 0 Å². The molecule has 0 amide bonds. The van der Waals surface area contributed by atoms with E-state index in [-0.39, 0.29) is 0 Å². The fourth-order valence-corrected chi connectivity index (χ4v) is 4.74. The molecule has 4 heterocycles. The van der Waals surface area contributed by atoms with Crippen molar-refractivity contribution in [3.05, 3.63) is 47.3 Å². The number of anilines is 2. The number of benzene rings is 1. The van der Waals surface area contributed by atoms with Crippen LogP contribution in [0, 0.1) is 0 Å². The van der Waals surface area contributed by atoms with Crippen LogP contribution < -0.4 is 15.1 Å². The maximum Gasteiger partial charge on any atom is 0.217 e. The lowest BCUT2D eigenvalue weighted by atomic mass is 10.2. The predicted octanol–water partition coefficient (Wildman–Crippen LogP) is 3.29. The predicted molar refractivity (Wildman–Crippen MR) is 133 cm³/mol. The molecule has 2 aliphatic heterocycles. The maximum atomic E-state index is 6.04. The van der Waals surface area contributed by atoms with Crippen molar-refractivity contribution in [2.24, 2.45) is 5.10 Å². The van der Waals surface area contributed by atoms with Crippen molar-refractivity contribution in [1.82, 2.24) is 9.88 Å². The van der Waals surface area contributed by atoms with E-state index in [0.717, 1.165) is 70.4 Å². The van der Waals surface area contributed by atoms with Gasteiger partial charge in [0.25, 0.3) is 0 Å². The first kappa shape index (κ1) is 22.1. The minimum absolute atomic E-state index is 0.586. The Morgan fingerprint density at radius 1 is 1.03 bits per heavy atom. The van der Waals surface area contributed by atoms with E-state index >= 15 is 0 Å². The minimum atomic E-state index is 0.586. The van der Waals surface area contributed by atoms with Gasteiger partial charge in [0.1, 0.15) is 6.61 Å². The van der Waals surface area contributed by atoms with Crippen molar-refractivity contribution in [3.8, 4) is 5.88 Å². The summed E-state index contributed by atoms with van der Waals surface area (Å²) >= 11 is 1.74. The minimum Gasteiger partial charge on any atom is -0.476 e. The van der Waals surface area contributed by atoms with Crippen molar-refractivity contribution < 1.29 is 14.2 Å². The molecule has 174 valence electrons. The molecule has 0 saturated carbocycles. The second-order valence-electron chi connectivity index (χ2n) is 8.04. The summed E-state index contributed by atoms with van der Waals surface area (Å²) in [4.78, 5) is 9.28. The van der Waals surface area contributed by atoms with Crippen LogP contribution in [0.4, 0.5) is 11.5 Å². The largest absolute Gasteiger partial charge is 0.476 e. The molecular formula is C24H29N5O3S. The van der Waals surface area contributed by atoms with Crippen molar-refractivity contribution >= 4 is 39.1 Å². The van der Waals surface area contributed by atoms with Crippen LogP contribution in [0.2, 0.25) is 0 Å². The molecule has 33 heavy (non-hydrogen) atoms. The monoisotopic (exact) mass is 467 g/mol. The SMILES string of the molecule is C(=N\Nc1cc(N2CCOCC2)cc(OCCN2CCOCC2)n1)/c1ccc2sccc2c1. The van der Waals surface area contributed by atoms with E-state index in [1.165, 1.54) is 10.1 Å². The summed E-state index contributed by atoms with van der Waals surface area (Å²) in [6.45, 7) is 8.06. The molecule has 0 bridgehead atoms. The highest BCUT2D eigenvalue weighted by molar-refractivity contribution is 7.17. The maximum absolute atomic E-state index is 6.04. The molecule has 5 rings (SSSR count). The second-order valence-corrected chi connectivity index (χ2v) is 8.99. The Hall–Kier alpha value is -2.72. The van der Waals surface area contributed by atoms with Crippen LogP contribution in [-0.2, 0) is 9.47 Å². The van der Waals surface area contributed by atoms with Crippen LogP contribution in [0.25, 0.3) is 10.1 Å². The van der Waals surface area contributed by atoms with E-state index in [4.69, 9.17) is 14.2 Å². The van der Waals surface area contributed by atoms with Crippen LogP contribution in [0.3, 0.4) is 0 Å². The van der Waals surface area contributed by atoms with E-state index in [2.05, 4.69) is 55.0 Å². The Kier molecular flexibility index (Phi) is 7.32. The molecule has 0 unspecified atom stereocenters. The number of rotatable bonds is 8. The molecule has 2 fully saturated rings. The summed E-state index contributed by atoms with van der Waals surface area (Å²) in [6, 6.07) is 12.5. The topological polar surface area (TPSA) is 71.5 Å². The standard InChI is InChI=1S/C24H29N5O3S/c1-2-22-20(3-14-33-22)15-19(1)18-25-27-23-16-21(29-7-11-31-12-8-29)17-24(26-23)32-13-6-28-4-9-30-10-5-28/h1-3,14-18H,4-13H2,(H,26,27)/b25-18+. The van der Waals surface area contributed by atoms with Gasteiger partial charge in [0.15, 0.2) is 5.82 Å². The van der Waals surface area contributed by atoms with E-state index in [1.807, 2.05) is 18.3 Å². The van der Waals surface area contributed by atoms with Crippen molar-refractivity contribution in [2.45, 2.75) is 0 Å². The number of pyridine rings is 1. The van der Waals surface area contributed by atoms with Crippen LogP contribution >= 0.6 is 11.3 Å². The summed E-state index contributed by atoms with van der Waals surface area (Å²) in [5.41, 5.74) is 5.19. The summed E-state index contributed by atoms with van der Waals surface area (Å²) in [7, 11) is 0. The Bertz CT molecular complexity index is 1080. The number of thiophene rings is 1. The van der Waals surface area contributed by atoms with Gasteiger partial charge >= 0.3 is 0 Å². The number of nitrogens with zero attached hydrogens (tertiary/aromatic N) is 4. The van der Waals surface area contributed by atoms with Gasteiger partial charge in [0.05, 0.1) is 32.6 Å². The molecule has 0 spiro atoms. The fraction of sp³-hybridized carbons (Fsp3) is 0.417. The zero-order chi connectivity index (χ0) is 22.3. The molecule has 9 heteroatoms. The lowest BCUT2D eigenvalue weighted by Gasteiger charge is -2.29. The lowest BCUT2D eigenvalue weighted by Crippen LogP contribution is -2.38. The number of hydrogen-bond acceptors (Lipinski definition) is 9. The lowest BCUT2D eigenvalue weighted by molar-refractivity contribution is 0.0320. The van der Waals surface area contributed by atoms with Gasteiger partial charge in [-0.05, 0) is 34.5 Å². The molecule has 3 aromatic rings. The Morgan fingerprint density at radius 3 is 2.70 bits per heavy atom. The number of aromatic nitrogens is 1. The Morgan fingerprint density at radius 2 is 1.85 bits per heavy atom. The van der Waals surface area contributed by atoms with Gasteiger partial charge in [-0.15, -0.1) is 11.3 Å². The van der Waals surface area contributed by atoms with Gasteiger partial charge in [-0.25, -0.2) is 0 Å². The average molecular weight is 468 g/mol. The van der Waals surface area contributed by atoms with Crippen LogP contribution in [0.1, 0.15) is 5.56 Å². The van der Waals surface area contributed by atoms with Gasteiger partial charge in [-0.1, -0.05) is 6.07 Å². The van der Waals surface area contributed by atoms with E-state index < -0.39 is 0 Å². The average Bonchev–Trinajstić information content (AvgIpc) is 3.33. The third-order valence-electron chi connectivity index (χ3n) is 5.79. The highest BCUT2D eigenvalue weighted by Gasteiger charge is 2.15. The first-order valence-electron chi connectivity index (χ1n) is 11.4. The molecule has 0 radical (unpaired) electrons. The normalized spacial score (nSPS) is 17.6. The number of nitrogens with one attached hydrogen (secondary N) is 1. The quantitative estimate of drug-likeness (QED) is 0.403. The van der Waals surface area contributed by atoms with E-state index in [0.29, 0.717) is 18.3 Å². The highest BCUT2D eigenvalue weighted by atomic mass is 32.1. The molecule has 2 saturated heterocycles. The number of ether oxygens (including phenoxy) is 3. The third kappa shape index (κ3) is 6.00. The number of morpholine rings is 2. The third-order valence-corrected chi connectivity index (χ3v) is 6.69. The first-order chi connectivity index (χ1) is 16.3. The summed E-state index contributed by atoms with van der Waals surface area (Å²) in [5.74, 6) is 1.26.